The van der Waals surface area contributed by atoms with Crippen molar-refractivity contribution in [1.82, 2.24) is 4.40 Å². The van der Waals surface area contributed by atoms with Gasteiger partial charge in [-0.25, -0.2) is 9.18 Å². The third kappa shape index (κ3) is 3.29. The van der Waals surface area contributed by atoms with Crippen molar-refractivity contribution in [2.24, 2.45) is 23.5 Å². The van der Waals surface area contributed by atoms with Gasteiger partial charge in [0.1, 0.15) is 5.56 Å². The predicted octanol–water partition coefficient (Wildman–Crippen LogP) is 3.38. The second kappa shape index (κ2) is 7.38. The van der Waals surface area contributed by atoms with Crippen molar-refractivity contribution in [3.8, 4) is 0 Å². The number of nitrogens with zero attached hydrogens (tertiary/aromatic N) is 2. The minimum Gasteiger partial charge on any atom is -0.477 e. The van der Waals surface area contributed by atoms with Crippen LogP contribution in [0.2, 0.25) is 0 Å². The van der Waals surface area contributed by atoms with Crippen molar-refractivity contribution in [2.75, 3.05) is 18.0 Å². The maximum atomic E-state index is 15.3. The summed E-state index contributed by atoms with van der Waals surface area (Å²) in [6.45, 7) is 9.58. The van der Waals surface area contributed by atoms with Crippen LogP contribution in [0.15, 0.2) is 17.1 Å². The number of aromatic nitrogens is 1. The number of aromatic carboxylic acids is 1. The van der Waals surface area contributed by atoms with Gasteiger partial charge < -0.3 is 15.7 Å². The molecule has 0 aromatic carbocycles. The maximum Gasteiger partial charge on any atom is 0.341 e. The fourth-order valence-corrected chi connectivity index (χ4v) is 5.57. The van der Waals surface area contributed by atoms with E-state index < -0.39 is 17.3 Å². The number of hydrogen-bond donors (Lipinski definition) is 2. The molecule has 1 saturated carbocycles. The summed E-state index contributed by atoms with van der Waals surface area (Å²) in [4.78, 5) is 26.3. The largest absolute Gasteiger partial charge is 0.477 e. The highest BCUT2D eigenvalue weighted by Gasteiger charge is 2.36. The summed E-state index contributed by atoms with van der Waals surface area (Å²) in [6, 6.07) is 1.43. The Labute approximate surface area is 175 Å². The molecule has 2 fully saturated rings. The van der Waals surface area contributed by atoms with Crippen molar-refractivity contribution in [3.63, 3.8) is 0 Å². The number of aryl methyl sites for hydroxylation is 1. The van der Waals surface area contributed by atoms with Crippen molar-refractivity contribution in [1.29, 1.82) is 0 Å². The minimum absolute atomic E-state index is 0.0664. The van der Waals surface area contributed by atoms with Crippen LogP contribution in [0.25, 0.3) is 5.52 Å². The highest BCUT2D eigenvalue weighted by Crippen LogP contribution is 2.44. The molecule has 6 nitrogen and oxygen atoms in total. The van der Waals surface area contributed by atoms with Gasteiger partial charge in [-0.05, 0) is 60.6 Å². The van der Waals surface area contributed by atoms with Gasteiger partial charge in [0.25, 0.3) is 5.56 Å². The summed E-state index contributed by atoms with van der Waals surface area (Å²) in [6.07, 6.45) is 3.05. The normalized spacial score (nSPS) is 24.6. The van der Waals surface area contributed by atoms with Gasteiger partial charge in [-0.1, -0.05) is 20.8 Å². The zero-order valence-corrected chi connectivity index (χ0v) is 18.0. The van der Waals surface area contributed by atoms with E-state index >= 15 is 4.39 Å². The van der Waals surface area contributed by atoms with E-state index in [2.05, 4.69) is 20.8 Å². The summed E-state index contributed by atoms with van der Waals surface area (Å²) >= 11 is 0. The molecule has 0 radical (unpaired) electrons. The van der Waals surface area contributed by atoms with E-state index in [4.69, 9.17) is 5.73 Å². The van der Waals surface area contributed by atoms with Crippen molar-refractivity contribution in [2.45, 2.75) is 52.5 Å². The predicted molar refractivity (Wildman–Crippen MR) is 115 cm³/mol. The number of nitrogens with two attached hydrogens (primary N) is 1. The zero-order chi connectivity index (χ0) is 21.9. The molecule has 7 heteroatoms. The minimum atomic E-state index is -1.28. The van der Waals surface area contributed by atoms with Crippen LogP contribution in [0.4, 0.5) is 10.1 Å². The quantitative estimate of drug-likeness (QED) is 0.799. The van der Waals surface area contributed by atoms with Gasteiger partial charge in [0.2, 0.25) is 0 Å². The van der Waals surface area contributed by atoms with Crippen molar-refractivity contribution >= 4 is 17.2 Å². The lowest BCUT2D eigenvalue weighted by atomic mass is 9.76. The Balaban J connectivity index is 1.89. The number of carboxylic acids is 1. The molecule has 1 aliphatic heterocycles. The first-order valence-corrected chi connectivity index (χ1v) is 10.7. The van der Waals surface area contributed by atoms with Gasteiger partial charge >= 0.3 is 5.97 Å². The third-order valence-corrected chi connectivity index (χ3v) is 6.87. The molecule has 1 aliphatic carbocycles. The van der Waals surface area contributed by atoms with Crippen LogP contribution in [0, 0.1) is 30.5 Å². The van der Waals surface area contributed by atoms with Gasteiger partial charge in [0, 0.05) is 19.1 Å². The molecule has 0 bridgehead atoms. The van der Waals surface area contributed by atoms with E-state index in [-0.39, 0.29) is 17.5 Å². The van der Waals surface area contributed by atoms with E-state index in [1.54, 1.807) is 0 Å². The number of fused-ring (bicyclic) bond motifs is 1. The first kappa shape index (κ1) is 20.8. The van der Waals surface area contributed by atoms with Crippen LogP contribution < -0.4 is 16.2 Å². The number of halogens is 1. The fraction of sp³-hybridized carbons (Fsp3) is 0.565. The molecule has 1 saturated heterocycles. The number of carbonyl (C=O) groups is 1. The highest BCUT2D eigenvalue weighted by molar-refractivity contribution is 5.89. The number of piperidine rings is 1. The average molecular weight is 416 g/mol. The van der Waals surface area contributed by atoms with Crippen LogP contribution in [-0.4, -0.2) is 34.6 Å². The lowest BCUT2D eigenvalue weighted by Crippen LogP contribution is -2.54. The molecule has 2 aliphatic rings. The molecular weight excluding hydrogens is 385 g/mol. The molecule has 4 rings (SSSR count). The smallest absolute Gasteiger partial charge is 0.341 e. The number of anilines is 1. The molecule has 2 aromatic rings. The number of hydrogen-bond acceptors (Lipinski definition) is 4. The molecule has 162 valence electrons. The van der Waals surface area contributed by atoms with Crippen LogP contribution in [-0.2, 0) is 0 Å². The SMILES string of the molecule is Cc1c(N2C[C@@H](N)[C@@H](C(C)C)[C@@H](C)C2)c(F)cn2c(=O)c(C(=O)O)cc(C3CC3)c12. The first-order valence-electron chi connectivity index (χ1n) is 10.7. The topological polar surface area (TPSA) is 88.0 Å². The van der Waals surface area contributed by atoms with Gasteiger partial charge in [-0.3, -0.25) is 9.20 Å². The zero-order valence-electron chi connectivity index (χ0n) is 18.0. The lowest BCUT2D eigenvalue weighted by Gasteiger charge is -2.44. The van der Waals surface area contributed by atoms with Gasteiger partial charge in [-0.2, -0.15) is 0 Å². The van der Waals surface area contributed by atoms with Gasteiger partial charge in [0.05, 0.1) is 17.4 Å². The Morgan fingerprint density at radius 1 is 1.30 bits per heavy atom. The third-order valence-electron chi connectivity index (χ3n) is 6.87. The molecule has 0 unspecified atom stereocenters. The molecule has 3 heterocycles. The number of rotatable bonds is 4. The maximum absolute atomic E-state index is 15.3. The fourth-order valence-electron chi connectivity index (χ4n) is 5.57. The monoisotopic (exact) mass is 415 g/mol. The van der Waals surface area contributed by atoms with E-state index in [9.17, 15) is 14.7 Å². The van der Waals surface area contributed by atoms with Crippen LogP contribution in [0.3, 0.4) is 0 Å². The Morgan fingerprint density at radius 3 is 2.50 bits per heavy atom. The highest BCUT2D eigenvalue weighted by atomic mass is 19.1. The van der Waals surface area contributed by atoms with E-state index in [1.165, 1.54) is 10.5 Å². The summed E-state index contributed by atoms with van der Waals surface area (Å²) in [5.74, 6) is -0.461. The average Bonchev–Trinajstić information content (AvgIpc) is 3.46. The second-order valence-corrected chi connectivity index (χ2v) is 9.43. The van der Waals surface area contributed by atoms with Crippen LogP contribution in [0.5, 0.6) is 0 Å². The Hall–Kier alpha value is -2.41. The standard InChI is InChI=1S/C23H30FN3O3/c1-11(2)19-12(3)8-26(10-18(19)25)21-13(4)20-15(14-5-6-14)7-16(23(29)30)22(28)27(20)9-17(21)24/h7,9,11-12,14,18-19H,5-6,8,10,25H2,1-4H3,(H,29,30)/t12-,18+,19-/m0/s1. The molecule has 3 atom stereocenters. The van der Waals surface area contributed by atoms with E-state index in [0.717, 1.165) is 24.6 Å². The number of carboxylic acid groups (broad SMARTS) is 1. The molecule has 3 N–H and O–H groups in total. The molecule has 2 aromatic heterocycles. The summed E-state index contributed by atoms with van der Waals surface area (Å²) in [5.41, 5.74) is 8.09. The van der Waals surface area contributed by atoms with E-state index in [0.29, 0.717) is 47.6 Å². The molecule has 30 heavy (non-hydrogen) atoms. The van der Waals surface area contributed by atoms with Crippen molar-refractivity contribution in [3.05, 3.63) is 45.1 Å². The summed E-state index contributed by atoms with van der Waals surface area (Å²) < 4.78 is 16.5. The lowest BCUT2D eigenvalue weighted by molar-refractivity contribution is 0.0694. The van der Waals surface area contributed by atoms with Crippen LogP contribution in [0.1, 0.15) is 61.0 Å². The van der Waals surface area contributed by atoms with Gasteiger partial charge in [-0.15, -0.1) is 0 Å². The molecule has 0 spiro atoms. The van der Waals surface area contributed by atoms with E-state index in [1.807, 2.05) is 11.8 Å². The summed E-state index contributed by atoms with van der Waals surface area (Å²) in [7, 11) is 0. The van der Waals surface area contributed by atoms with Gasteiger partial charge in [0.15, 0.2) is 5.82 Å². The summed E-state index contributed by atoms with van der Waals surface area (Å²) in [5, 5.41) is 9.45. The Bertz CT molecular complexity index is 1060. The molecule has 0 amide bonds. The first-order chi connectivity index (χ1) is 14.1. The second-order valence-electron chi connectivity index (χ2n) is 9.43. The van der Waals surface area contributed by atoms with Crippen molar-refractivity contribution < 1.29 is 14.3 Å². The Kier molecular flexibility index (Phi) is 5.12. The van der Waals surface area contributed by atoms with Crippen LogP contribution >= 0.6 is 0 Å². The number of pyridine rings is 2. The Morgan fingerprint density at radius 2 is 1.97 bits per heavy atom. The molecular formula is C23H30FN3O3.